The second-order valence-electron chi connectivity index (χ2n) is 3.52. The van der Waals surface area contributed by atoms with Gasteiger partial charge in [-0.05, 0) is 13.8 Å². The number of aromatic nitrogens is 2. The predicted octanol–water partition coefficient (Wildman–Crippen LogP) is 0.419. The Morgan fingerprint density at radius 2 is 2.39 bits per heavy atom. The van der Waals surface area contributed by atoms with Crippen LogP contribution in [0.15, 0.2) is 6.20 Å². The fraction of sp³-hybridized carbons (Fsp3) is 0.545. The van der Waals surface area contributed by atoms with E-state index in [-0.39, 0.29) is 11.4 Å². The molecular weight excluding hydrogens is 236 g/mol. The van der Waals surface area contributed by atoms with Gasteiger partial charge in [0, 0.05) is 6.61 Å². The molecule has 0 spiro atoms. The number of nitrogens with zero attached hydrogens (tertiary/aromatic N) is 3. The second-order valence-corrected chi connectivity index (χ2v) is 3.52. The summed E-state index contributed by atoms with van der Waals surface area (Å²) >= 11 is 0. The van der Waals surface area contributed by atoms with Crippen LogP contribution in [0.3, 0.4) is 0 Å². The largest absolute Gasteiger partial charge is 0.382 e. The molecule has 0 unspecified atom stereocenters. The topological polar surface area (TPSA) is 103 Å². The van der Waals surface area contributed by atoms with Crippen molar-refractivity contribution in [2.75, 3.05) is 25.6 Å². The monoisotopic (exact) mass is 252 g/mol. The zero-order valence-corrected chi connectivity index (χ0v) is 10.4. The summed E-state index contributed by atoms with van der Waals surface area (Å²) in [5.41, 5.74) is 5.78. The standard InChI is InChI=1S/C11H16N4O3/c1-3-17-4-5-18-8(2)11(16)15-10(13)9(6-12)7-14-15/h7-8H,3-5,13H2,1-2H3/t8-/m0/s1. The molecule has 0 fully saturated rings. The third-order valence-electron chi connectivity index (χ3n) is 2.28. The Morgan fingerprint density at radius 3 is 2.94 bits per heavy atom. The quantitative estimate of drug-likeness (QED) is 0.736. The Bertz CT molecular complexity index is 450. The number of hydrogen-bond acceptors (Lipinski definition) is 6. The average molecular weight is 252 g/mol. The van der Waals surface area contributed by atoms with E-state index >= 15 is 0 Å². The number of carbonyl (C=O) groups excluding carboxylic acids is 1. The highest BCUT2D eigenvalue weighted by atomic mass is 16.5. The van der Waals surface area contributed by atoms with Gasteiger partial charge in [0.05, 0.1) is 19.4 Å². The van der Waals surface area contributed by atoms with Gasteiger partial charge in [0.15, 0.2) is 0 Å². The molecule has 0 aliphatic rings. The van der Waals surface area contributed by atoms with Crippen molar-refractivity contribution in [1.29, 1.82) is 5.26 Å². The van der Waals surface area contributed by atoms with E-state index in [1.165, 1.54) is 6.20 Å². The molecule has 0 aliphatic carbocycles. The van der Waals surface area contributed by atoms with Crippen molar-refractivity contribution in [3.63, 3.8) is 0 Å². The van der Waals surface area contributed by atoms with E-state index in [1.807, 2.05) is 13.0 Å². The smallest absolute Gasteiger partial charge is 0.277 e. The molecule has 1 atom stereocenters. The number of carbonyl (C=O) groups is 1. The van der Waals surface area contributed by atoms with E-state index in [1.54, 1.807) is 6.92 Å². The van der Waals surface area contributed by atoms with Crippen LogP contribution in [0.4, 0.5) is 5.82 Å². The highest BCUT2D eigenvalue weighted by molar-refractivity contribution is 5.85. The molecule has 1 aromatic heterocycles. The molecule has 1 aromatic rings. The van der Waals surface area contributed by atoms with E-state index in [9.17, 15) is 4.79 Å². The molecule has 0 amide bonds. The van der Waals surface area contributed by atoms with Gasteiger partial charge in [0.25, 0.3) is 5.91 Å². The zero-order valence-electron chi connectivity index (χ0n) is 10.4. The maximum atomic E-state index is 11.9. The lowest BCUT2D eigenvalue weighted by Crippen LogP contribution is -2.29. The summed E-state index contributed by atoms with van der Waals surface area (Å²) in [6.07, 6.45) is 0.555. The van der Waals surface area contributed by atoms with E-state index in [2.05, 4.69) is 5.10 Å². The molecule has 1 rings (SSSR count). The molecular formula is C11H16N4O3. The number of hydrogen-bond donors (Lipinski definition) is 1. The van der Waals surface area contributed by atoms with E-state index < -0.39 is 12.0 Å². The van der Waals surface area contributed by atoms with Gasteiger partial charge in [-0.25, -0.2) is 0 Å². The van der Waals surface area contributed by atoms with Crippen LogP contribution in [0.25, 0.3) is 0 Å². The van der Waals surface area contributed by atoms with Gasteiger partial charge in [-0.2, -0.15) is 15.0 Å². The highest BCUT2D eigenvalue weighted by Gasteiger charge is 2.20. The SMILES string of the molecule is CCOCCO[C@@H](C)C(=O)n1ncc(C#N)c1N. The molecule has 0 saturated carbocycles. The highest BCUT2D eigenvalue weighted by Crippen LogP contribution is 2.10. The third-order valence-corrected chi connectivity index (χ3v) is 2.28. The molecule has 0 bridgehead atoms. The van der Waals surface area contributed by atoms with Gasteiger partial charge in [0.2, 0.25) is 0 Å². The van der Waals surface area contributed by atoms with Gasteiger partial charge in [-0.15, -0.1) is 0 Å². The summed E-state index contributed by atoms with van der Waals surface area (Å²) < 4.78 is 11.3. The Morgan fingerprint density at radius 1 is 1.67 bits per heavy atom. The summed E-state index contributed by atoms with van der Waals surface area (Å²) in [4.78, 5) is 11.9. The van der Waals surface area contributed by atoms with Gasteiger partial charge in [-0.3, -0.25) is 4.79 Å². The zero-order chi connectivity index (χ0) is 13.5. The molecule has 0 saturated heterocycles. The lowest BCUT2D eigenvalue weighted by atomic mass is 10.3. The maximum absolute atomic E-state index is 11.9. The van der Waals surface area contributed by atoms with Crippen molar-refractivity contribution in [3.05, 3.63) is 11.8 Å². The van der Waals surface area contributed by atoms with Crippen LogP contribution in [0.2, 0.25) is 0 Å². The second kappa shape index (κ2) is 6.74. The van der Waals surface area contributed by atoms with Crippen molar-refractivity contribution < 1.29 is 14.3 Å². The Labute approximate surface area is 105 Å². The summed E-state index contributed by atoms with van der Waals surface area (Å²) in [6.45, 7) is 4.81. The normalized spacial score (nSPS) is 12.1. The van der Waals surface area contributed by atoms with Gasteiger partial charge >= 0.3 is 0 Å². The van der Waals surface area contributed by atoms with Crippen molar-refractivity contribution in [2.45, 2.75) is 20.0 Å². The summed E-state index contributed by atoms with van der Waals surface area (Å²) in [6, 6.07) is 1.85. The number of rotatable bonds is 6. The molecule has 18 heavy (non-hydrogen) atoms. The first-order valence-electron chi connectivity index (χ1n) is 5.59. The maximum Gasteiger partial charge on any atom is 0.277 e. The molecule has 0 aliphatic heterocycles. The Kier molecular flexibility index (Phi) is 5.30. The van der Waals surface area contributed by atoms with Crippen molar-refractivity contribution in [2.24, 2.45) is 0 Å². The molecule has 1 heterocycles. The van der Waals surface area contributed by atoms with E-state index in [0.717, 1.165) is 4.68 Å². The van der Waals surface area contributed by atoms with Gasteiger partial charge in [0.1, 0.15) is 23.6 Å². The lowest BCUT2D eigenvalue weighted by Gasteiger charge is -2.12. The molecule has 7 nitrogen and oxygen atoms in total. The Balaban J connectivity index is 2.58. The van der Waals surface area contributed by atoms with Gasteiger partial charge in [-0.1, -0.05) is 0 Å². The van der Waals surface area contributed by atoms with Crippen molar-refractivity contribution >= 4 is 11.7 Å². The molecule has 2 N–H and O–H groups in total. The minimum Gasteiger partial charge on any atom is -0.382 e. The molecule has 98 valence electrons. The average Bonchev–Trinajstić information content (AvgIpc) is 2.74. The van der Waals surface area contributed by atoms with Crippen LogP contribution >= 0.6 is 0 Å². The number of nitrogen functional groups attached to an aromatic ring is 1. The number of ether oxygens (including phenoxy) is 2. The third kappa shape index (κ3) is 3.29. The first kappa shape index (κ1) is 14.2. The fourth-order valence-corrected chi connectivity index (χ4v) is 1.29. The molecule has 0 aromatic carbocycles. The van der Waals surface area contributed by atoms with Crippen LogP contribution in [0.1, 0.15) is 24.2 Å². The van der Waals surface area contributed by atoms with Gasteiger partial charge < -0.3 is 15.2 Å². The first-order valence-corrected chi connectivity index (χ1v) is 5.59. The fourth-order valence-electron chi connectivity index (χ4n) is 1.29. The van der Waals surface area contributed by atoms with Crippen LogP contribution < -0.4 is 5.73 Å². The summed E-state index contributed by atoms with van der Waals surface area (Å²) in [5.74, 6) is -0.381. The molecule has 0 radical (unpaired) electrons. The van der Waals surface area contributed by atoms with Crippen LogP contribution in [-0.4, -0.2) is 41.6 Å². The van der Waals surface area contributed by atoms with E-state index in [0.29, 0.717) is 19.8 Å². The number of anilines is 1. The summed E-state index contributed by atoms with van der Waals surface area (Å²) in [5, 5.41) is 12.5. The Hall–Kier alpha value is -1.91. The van der Waals surface area contributed by atoms with Crippen LogP contribution in [-0.2, 0) is 9.47 Å². The minimum absolute atomic E-state index is 0.0303. The van der Waals surface area contributed by atoms with Crippen LogP contribution in [0.5, 0.6) is 0 Å². The van der Waals surface area contributed by atoms with E-state index in [4.69, 9.17) is 20.5 Å². The first-order chi connectivity index (χ1) is 8.61. The van der Waals surface area contributed by atoms with Crippen molar-refractivity contribution in [1.82, 2.24) is 9.78 Å². The predicted molar refractivity (Wildman–Crippen MR) is 63.9 cm³/mol. The lowest BCUT2D eigenvalue weighted by molar-refractivity contribution is 0.0119. The number of nitrogens with two attached hydrogens (primary N) is 1. The summed E-state index contributed by atoms with van der Waals surface area (Å²) in [7, 11) is 0. The van der Waals surface area contributed by atoms with Crippen LogP contribution in [0, 0.1) is 11.3 Å². The minimum atomic E-state index is -0.695. The number of nitriles is 1. The molecule has 7 heteroatoms. The van der Waals surface area contributed by atoms with Crippen molar-refractivity contribution in [3.8, 4) is 6.07 Å².